The van der Waals surface area contributed by atoms with Gasteiger partial charge in [-0.1, -0.05) is 19.9 Å². The SMILES string of the molecule is COc1ccc([C@H]2OCC[C@@]34C[C@@H](C[C@H]23)C(C)(C)[C@@H]4NC(=O)CCO)cc1OC. The summed E-state index contributed by atoms with van der Waals surface area (Å²) in [5.74, 6) is 2.28. The van der Waals surface area contributed by atoms with Crippen molar-refractivity contribution in [3.63, 3.8) is 0 Å². The normalized spacial score (nSPS) is 34.5. The summed E-state index contributed by atoms with van der Waals surface area (Å²) >= 11 is 0. The van der Waals surface area contributed by atoms with Crippen LogP contribution in [0.1, 0.15) is 51.2 Å². The minimum Gasteiger partial charge on any atom is -0.493 e. The smallest absolute Gasteiger partial charge is 0.222 e. The lowest BCUT2D eigenvalue weighted by molar-refractivity contribution is -0.137. The summed E-state index contributed by atoms with van der Waals surface area (Å²) in [4.78, 5) is 12.4. The highest BCUT2D eigenvalue weighted by molar-refractivity contribution is 5.76. The first-order valence-electron chi connectivity index (χ1n) is 10.6. The number of hydrogen-bond donors (Lipinski definition) is 2. The summed E-state index contributed by atoms with van der Waals surface area (Å²) in [5, 5.41) is 12.5. The van der Waals surface area contributed by atoms with Crippen LogP contribution in [0.4, 0.5) is 0 Å². The summed E-state index contributed by atoms with van der Waals surface area (Å²) in [5.41, 5.74) is 1.19. The second-order valence-corrected chi connectivity index (χ2v) is 9.43. The van der Waals surface area contributed by atoms with Gasteiger partial charge in [-0.15, -0.1) is 0 Å². The van der Waals surface area contributed by atoms with Crippen LogP contribution < -0.4 is 14.8 Å². The Morgan fingerprint density at radius 1 is 1.28 bits per heavy atom. The van der Waals surface area contributed by atoms with Crippen molar-refractivity contribution >= 4 is 5.91 Å². The number of carbonyl (C=O) groups excluding carboxylic acids is 1. The molecule has 2 aliphatic carbocycles. The van der Waals surface area contributed by atoms with Crippen LogP contribution in [0.15, 0.2) is 18.2 Å². The van der Waals surface area contributed by atoms with Crippen LogP contribution in [0.2, 0.25) is 0 Å². The Kier molecular flexibility index (Phi) is 5.28. The van der Waals surface area contributed by atoms with Gasteiger partial charge in [-0.25, -0.2) is 0 Å². The second kappa shape index (κ2) is 7.47. The first-order chi connectivity index (χ1) is 13.9. The molecule has 2 saturated carbocycles. The fourth-order valence-electron chi connectivity index (χ4n) is 6.48. The summed E-state index contributed by atoms with van der Waals surface area (Å²) < 4.78 is 17.2. The van der Waals surface area contributed by atoms with Crippen LogP contribution in [-0.4, -0.2) is 44.5 Å². The number of hydrogen-bond acceptors (Lipinski definition) is 5. The lowest BCUT2D eigenvalue weighted by atomic mass is 9.59. The van der Waals surface area contributed by atoms with Gasteiger partial charge in [0.1, 0.15) is 0 Å². The molecular weight excluding hydrogens is 370 g/mol. The zero-order valence-corrected chi connectivity index (χ0v) is 17.9. The van der Waals surface area contributed by atoms with Crippen LogP contribution in [0.25, 0.3) is 0 Å². The number of carbonyl (C=O) groups is 1. The average molecular weight is 404 g/mol. The van der Waals surface area contributed by atoms with Crippen molar-refractivity contribution in [2.75, 3.05) is 27.4 Å². The van der Waals surface area contributed by atoms with Crippen LogP contribution in [0.3, 0.4) is 0 Å². The number of aliphatic hydroxyl groups excluding tert-OH is 1. The Morgan fingerprint density at radius 2 is 2.03 bits per heavy atom. The van der Waals surface area contributed by atoms with E-state index in [-0.39, 0.29) is 41.9 Å². The van der Waals surface area contributed by atoms with E-state index in [4.69, 9.17) is 14.2 Å². The molecule has 0 radical (unpaired) electrons. The van der Waals surface area contributed by atoms with E-state index in [9.17, 15) is 9.90 Å². The Balaban J connectivity index is 1.66. The topological polar surface area (TPSA) is 77.0 Å². The zero-order chi connectivity index (χ0) is 20.8. The molecule has 3 fully saturated rings. The number of rotatable bonds is 6. The molecule has 1 aromatic rings. The second-order valence-electron chi connectivity index (χ2n) is 9.43. The monoisotopic (exact) mass is 403 g/mol. The molecule has 6 nitrogen and oxygen atoms in total. The summed E-state index contributed by atoms with van der Waals surface area (Å²) in [7, 11) is 3.29. The Morgan fingerprint density at radius 3 is 2.72 bits per heavy atom. The molecule has 1 saturated heterocycles. The maximum atomic E-state index is 12.4. The molecule has 2 bridgehead atoms. The Labute approximate surface area is 172 Å². The van der Waals surface area contributed by atoms with Gasteiger partial charge < -0.3 is 24.6 Å². The van der Waals surface area contributed by atoms with Crippen molar-refractivity contribution in [1.29, 1.82) is 0 Å². The third kappa shape index (κ3) is 3.12. The molecule has 1 spiro atoms. The summed E-state index contributed by atoms with van der Waals surface area (Å²) in [6, 6.07) is 6.14. The molecule has 1 amide bonds. The van der Waals surface area contributed by atoms with Crippen LogP contribution >= 0.6 is 0 Å². The largest absolute Gasteiger partial charge is 0.493 e. The Hall–Kier alpha value is -1.79. The van der Waals surface area contributed by atoms with Gasteiger partial charge >= 0.3 is 0 Å². The molecule has 4 rings (SSSR count). The first-order valence-corrected chi connectivity index (χ1v) is 10.6. The average Bonchev–Trinajstić information content (AvgIpc) is 3.20. The quantitative estimate of drug-likeness (QED) is 0.763. The highest BCUT2D eigenvalue weighted by Gasteiger charge is 2.68. The molecular formula is C23H33NO5. The van der Waals surface area contributed by atoms with Gasteiger partial charge in [0.15, 0.2) is 11.5 Å². The molecule has 0 unspecified atom stereocenters. The maximum absolute atomic E-state index is 12.4. The number of benzene rings is 1. The fourth-order valence-corrected chi connectivity index (χ4v) is 6.48. The predicted molar refractivity (Wildman–Crippen MR) is 109 cm³/mol. The fraction of sp³-hybridized carbons (Fsp3) is 0.696. The van der Waals surface area contributed by atoms with Gasteiger partial charge in [0.05, 0.1) is 26.9 Å². The summed E-state index contributed by atoms with van der Waals surface area (Å²) in [6.45, 7) is 5.14. The first kappa shape index (κ1) is 20.5. The van der Waals surface area contributed by atoms with Crippen molar-refractivity contribution in [3.8, 4) is 11.5 Å². The maximum Gasteiger partial charge on any atom is 0.222 e. The number of amides is 1. The predicted octanol–water partition coefficient (Wildman–Crippen LogP) is 3.08. The van der Waals surface area contributed by atoms with Gasteiger partial charge in [0.25, 0.3) is 0 Å². The van der Waals surface area contributed by atoms with Crippen molar-refractivity contribution in [2.24, 2.45) is 22.7 Å². The molecule has 160 valence electrons. The molecule has 1 aliphatic heterocycles. The van der Waals surface area contributed by atoms with E-state index in [1.807, 2.05) is 12.1 Å². The van der Waals surface area contributed by atoms with Crippen LogP contribution in [0, 0.1) is 22.7 Å². The van der Waals surface area contributed by atoms with Gasteiger partial charge in [0, 0.05) is 19.1 Å². The molecule has 29 heavy (non-hydrogen) atoms. The molecule has 5 atom stereocenters. The third-order valence-corrected chi connectivity index (χ3v) is 7.89. The minimum atomic E-state index is -0.115. The Bertz CT molecular complexity index is 779. The zero-order valence-electron chi connectivity index (χ0n) is 17.9. The minimum absolute atomic E-state index is 0.0121. The standard InChI is InChI=1S/C23H33NO5/c1-22(2)15-12-16-20(14-5-6-17(27-3)18(11-14)28-4)29-10-8-23(16,13-15)21(22)24-19(26)7-9-25/h5-6,11,15-16,20-21,25H,7-10,12-13H2,1-4H3,(H,24,26)/t15-,16-,20-,21+,23-/m1/s1. The van der Waals surface area contributed by atoms with Gasteiger partial charge in [-0.05, 0) is 59.6 Å². The number of nitrogens with one attached hydrogen (secondary N) is 1. The van der Waals surface area contributed by atoms with Gasteiger partial charge in [-0.3, -0.25) is 4.79 Å². The highest BCUT2D eigenvalue weighted by atomic mass is 16.5. The van der Waals surface area contributed by atoms with E-state index in [0.29, 0.717) is 29.9 Å². The summed E-state index contributed by atoms with van der Waals surface area (Å²) in [6.07, 6.45) is 3.35. The number of fused-ring (bicyclic) bond motifs is 1. The third-order valence-electron chi connectivity index (χ3n) is 7.89. The van der Waals surface area contributed by atoms with Crippen molar-refractivity contribution in [3.05, 3.63) is 23.8 Å². The molecule has 1 aromatic carbocycles. The highest BCUT2D eigenvalue weighted by Crippen LogP contribution is 2.70. The van der Waals surface area contributed by atoms with Crippen molar-refractivity contribution < 1.29 is 24.1 Å². The van der Waals surface area contributed by atoms with E-state index in [0.717, 1.165) is 24.8 Å². The van der Waals surface area contributed by atoms with E-state index in [1.54, 1.807) is 14.2 Å². The van der Waals surface area contributed by atoms with Gasteiger partial charge in [-0.2, -0.15) is 0 Å². The van der Waals surface area contributed by atoms with Gasteiger partial charge in [0.2, 0.25) is 5.91 Å². The van der Waals surface area contributed by atoms with E-state index in [1.165, 1.54) is 0 Å². The van der Waals surface area contributed by atoms with E-state index < -0.39 is 0 Å². The van der Waals surface area contributed by atoms with Crippen molar-refractivity contribution in [1.82, 2.24) is 5.32 Å². The molecule has 2 N–H and O–H groups in total. The molecule has 1 heterocycles. The number of aliphatic hydroxyl groups is 1. The number of ether oxygens (including phenoxy) is 3. The number of methoxy groups -OCH3 is 2. The van der Waals surface area contributed by atoms with Crippen LogP contribution in [0.5, 0.6) is 11.5 Å². The molecule has 0 aromatic heterocycles. The lowest BCUT2D eigenvalue weighted by Gasteiger charge is -2.53. The molecule has 6 heteroatoms. The van der Waals surface area contributed by atoms with E-state index >= 15 is 0 Å². The lowest BCUT2D eigenvalue weighted by Crippen LogP contribution is -2.59. The molecule has 3 aliphatic rings. The van der Waals surface area contributed by atoms with Crippen LogP contribution in [-0.2, 0) is 9.53 Å². The van der Waals surface area contributed by atoms with Crippen molar-refractivity contribution in [2.45, 2.75) is 51.7 Å². The van der Waals surface area contributed by atoms with E-state index in [2.05, 4.69) is 25.2 Å².